The summed E-state index contributed by atoms with van der Waals surface area (Å²) in [5, 5.41) is 13.2. The highest BCUT2D eigenvalue weighted by Gasteiger charge is 2.48. The van der Waals surface area contributed by atoms with Crippen LogP contribution < -0.4 is 11.1 Å². The lowest BCUT2D eigenvalue weighted by molar-refractivity contribution is -0.151. The van der Waals surface area contributed by atoms with Gasteiger partial charge in [-0.15, -0.1) is 11.3 Å². The molecule has 0 saturated heterocycles. The van der Waals surface area contributed by atoms with E-state index in [1.807, 2.05) is 12.2 Å². The molecule has 1 heterocycles. The van der Waals surface area contributed by atoms with Crippen LogP contribution in [-0.2, 0) is 22.4 Å². The first-order chi connectivity index (χ1) is 14.6. The highest BCUT2D eigenvalue weighted by molar-refractivity contribution is 7.17. The summed E-state index contributed by atoms with van der Waals surface area (Å²) in [5.74, 6) is -2.76. The molecular weight excluding hydrogens is 412 g/mol. The van der Waals surface area contributed by atoms with Gasteiger partial charge in [0.1, 0.15) is 5.00 Å². The molecule has 4 N–H and O–H groups in total. The Hall–Kier alpha value is -2.15. The Morgan fingerprint density at radius 2 is 1.81 bits per heavy atom. The topological polar surface area (TPSA) is 109 Å². The average molecular weight is 445 g/mol. The van der Waals surface area contributed by atoms with Crippen molar-refractivity contribution in [2.45, 2.75) is 59.3 Å². The molecule has 5 atom stereocenters. The minimum Gasteiger partial charge on any atom is -0.481 e. The Morgan fingerprint density at radius 3 is 2.35 bits per heavy atom. The van der Waals surface area contributed by atoms with E-state index in [1.165, 1.54) is 11.3 Å². The van der Waals surface area contributed by atoms with E-state index >= 15 is 0 Å². The zero-order chi connectivity index (χ0) is 22.5. The third-order valence-corrected chi connectivity index (χ3v) is 9.27. The molecule has 4 aliphatic carbocycles. The molecule has 5 rings (SSSR count). The van der Waals surface area contributed by atoms with Crippen molar-refractivity contribution >= 4 is 34.1 Å². The molecule has 168 valence electrons. The number of carboxylic acids is 1. The van der Waals surface area contributed by atoms with Crippen LogP contribution in [0.5, 0.6) is 0 Å². The molecule has 1 fully saturated rings. The first-order valence-electron chi connectivity index (χ1n) is 11.3. The molecular formula is C24H32N2O4S. The minimum absolute atomic E-state index is 0.0764. The molecule has 4 aliphatic rings. The summed E-state index contributed by atoms with van der Waals surface area (Å²) in [5.41, 5.74) is 7.33. The van der Waals surface area contributed by atoms with Crippen LogP contribution in [0.3, 0.4) is 0 Å². The molecule has 0 spiro atoms. The van der Waals surface area contributed by atoms with E-state index in [2.05, 4.69) is 26.1 Å². The number of amides is 2. The molecule has 2 amide bonds. The monoisotopic (exact) mass is 444 g/mol. The van der Waals surface area contributed by atoms with Crippen molar-refractivity contribution in [1.82, 2.24) is 0 Å². The fraction of sp³-hybridized carbons (Fsp3) is 0.625. The number of rotatable bonds is 6. The van der Waals surface area contributed by atoms with Crippen LogP contribution in [0, 0.1) is 35.0 Å². The zero-order valence-electron chi connectivity index (χ0n) is 18.4. The van der Waals surface area contributed by atoms with Gasteiger partial charge in [0, 0.05) is 4.88 Å². The third-order valence-electron chi connectivity index (χ3n) is 8.10. The number of nitrogens with one attached hydrogen (secondary N) is 1. The second-order valence-corrected chi connectivity index (χ2v) is 11.1. The molecule has 0 aromatic carbocycles. The fourth-order valence-electron chi connectivity index (χ4n) is 5.77. The lowest BCUT2D eigenvalue weighted by Crippen LogP contribution is -2.47. The molecule has 0 unspecified atom stereocenters. The first-order valence-corrected chi connectivity index (χ1v) is 12.1. The van der Waals surface area contributed by atoms with Crippen molar-refractivity contribution in [2.75, 3.05) is 5.32 Å². The highest BCUT2D eigenvalue weighted by atomic mass is 32.1. The SMILES string of the molecule is CCC(C)(C)[C@H]1CCc2c(sc(NC(=O)[C@@H]3[C@@H](C(=O)O)[C@H]4C=C[C@@H]3CC4)c2C(N)=O)C1. The average Bonchev–Trinajstić information content (AvgIpc) is 3.10. The second-order valence-electron chi connectivity index (χ2n) is 10.0. The Balaban J connectivity index is 1.62. The standard InChI is InChI=1S/C24H32N2O4S/c1-4-24(2,3)14-9-10-15-16(11-14)31-22(19(15)20(25)27)26-21(28)17-12-5-7-13(8-6-12)18(17)23(29)30/h5,7,12-14,17-18H,4,6,8-11H2,1-3H3,(H2,25,27)(H,26,28)(H,29,30)/t12-,13+,14+,17+,18+/m1/s1. The maximum atomic E-state index is 13.3. The van der Waals surface area contributed by atoms with Crippen molar-refractivity contribution in [3.63, 3.8) is 0 Å². The van der Waals surface area contributed by atoms with E-state index in [-0.39, 0.29) is 23.2 Å². The van der Waals surface area contributed by atoms with Gasteiger partial charge in [0.05, 0.1) is 17.4 Å². The molecule has 7 heteroatoms. The van der Waals surface area contributed by atoms with Crippen LogP contribution >= 0.6 is 11.3 Å². The van der Waals surface area contributed by atoms with Crippen LogP contribution in [0.2, 0.25) is 0 Å². The van der Waals surface area contributed by atoms with Crippen LogP contribution in [-0.4, -0.2) is 22.9 Å². The zero-order valence-corrected chi connectivity index (χ0v) is 19.3. The van der Waals surface area contributed by atoms with Crippen molar-refractivity contribution in [3.05, 3.63) is 28.2 Å². The highest BCUT2D eigenvalue weighted by Crippen LogP contribution is 2.48. The van der Waals surface area contributed by atoms with Gasteiger partial charge in [-0.05, 0) is 60.8 Å². The molecule has 1 saturated carbocycles. The number of thiophene rings is 1. The number of aliphatic carboxylic acids is 1. The summed E-state index contributed by atoms with van der Waals surface area (Å²) in [4.78, 5) is 38.6. The predicted molar refractivity (Wildman–Crippen MR) is 121 cm³/mol. The van der Waals surface area contributed by atoms with Crippen LogP contribution in [0.25, 0.3) is 0 Å². The van der Waals surface area contributed by atoms with Gasteiger partial charge >= 0.3 is 5.97 Å². The van der Waals surface area contributed by atoms with Crippen LogP contribution in [0.1, 0.15) is 67.3 Å². The predicted octanol–water partition coefficient (Wildman–Crippen LogP) is 4.24. The normalized spacial score (nSPS) is 29.5. The first kappa shape index (κ1) is 22.1. The van der Waals surface area contributed by atoms with E-state index in [1.54, 1.807) is 0 Å². The van der Waals surface area contributed by atoms with Gasteiger partial charge in [-0.2, -0.15) is 0 Å². The van der Waals surface area contributed by atoms with Crippen molar-refractivity contribution in [3.8, 4) is 0 Å². The summed E-state index contributed by atoms with van der Waals surface area (Å²) in [7, 11) is 0. The Kier molecular flexibility index (Phi) is 5.75. The maximum Gasteiger partial charge on any atom is 0.307 e. The summed E-state index contributed by atoms with van der Waals surface area (Å²) in [6, 6.07) is 0. The molecule has 2 bridgehead atoms. The van der Waals surface area contributed by atoms with Crippen LogP contribution in [0.15, 0.2) is 12.2 Å². The van der Waals surface area contributed by atoms with Gasteiger partial charge in [0.15, 0.2) is 0 Å². The van der Waals surface area contributed by atoms with E-state index < -0.39 is 23.7 Å². The van der Waals surface area contributed by atoms with E-state index in [0.717, 1.165) is 49.0 Å². The van der Waals surface area contributed by atoms with Gasteiger partial charge in [-0.1, -0.05) is 39.3 Å². The van der Waals surface area contributed by atoms with Crippen molar-refractivity contribution in [1.29, 1.82) is 0 Å². The molecule has 1 aromatic heterocycles. The molecule has 1 aromatic rings. The third kappa shape index (κ3) is 3.81. The molecule has 0 aliphatic heterocycles. The van der Waals surface area contributed by atoms with Crippen molar-refractivity contribution in [2.24, 2.45) is 40.7 Å². The number of carbonyl (C=O) groups is 3. The Bertz CT molecular complexity index is 948. The largest absolute Gasteiger partial charge is 0.481 e. The Morgan fingerprint density at radius 1 is 1.16 bits per heavy atom. The molecule has 6 nitrogen and oxygen atoms in total. The van der Waals surface area contributed by atoms with Gasteiger partial charge in [0.2, 0.25) is 5.91 Å². The number of hydrogen-bond donors (Lipinski definition) is 3. The minimum atomic E-state index is -0.926. The van der Waals surface area contributed by atoms with Crippen molar-refractivity contribution < 1.29 is 19.5 Å². The second kappa shape index (κ2) is 8.08. The molecule has 0 radical (unpaired) electrons. The number of hydrogen-bond acceptors (Lipinski definition) is 4. The van der Waals surface area contributed by atoms with Gasteiger partial charge < -0.3 is 16.2 Å². The number of primary amides is 1. The van der Waals surface area contributed by atoms with E-state index in [9.17, 15) is 19.5 Å². The van der Waals surface area contributed by atoms with E-state index in [0.29, 0.717) is 16.5 Å². The Labute approximate surface area is 187 Å². The van der Waals surface area contributed by atoms with Gasteiger partial charge in [-0.3, -0.25) is 14.4 Å². The number of nitrogens with two attached hydrogens (primary N) is 1. The lowest BCUT2D eigenvalue weighted by Gasteiger charge is -2.41. The van der Waals surface area contributed by atoms with Gasteiger partial charge in [-0.25, -0.2) is 0 Å². The lowest BCUT2D eigenvalue weighted by atomic mass is 9.62. The smallest absolute Gasteiger partial charge is 0.307 e. The van der Waals surface area contributed by atoms with Crippen LogP contribution in [0.4, 0.5) is 5.00 Å². The number of allylic oxidation sites excluding steroid dienone is 2. The number of fused-ring (bicyclic) bond motifs is 3. The number of anilines is 1. The van der Waals surface area contributed by atoms with Gasteiger partial charge in [0.25, 0.3) is 5.91 Å². The number of carboxylic acid groups (broad SMARTS) is 1. The summed E-state index contributed by atoms with van der Waals surface area (Å²) >= 11 is 1.44. The van der Waals surface area contributed by atoms with E-state index in [4.69, 9.17) is 5.73 Å². The molecule has 31 heavy (non-hydrogen) atoms. The summed E-state index contributed by atoms with van der Waals surface area (Å²) < 4.78 is 0. The fourth-order valence-corrected chi connectivity index (χ4v) is 7.11. The summed E-state index contributed by atoms with van der Waals surface area (Å²) in [6.45, 7) is 6.77. The summed E-state index contributed by atoms with van der Waals surface area (Å²) in [6.07, 6.45) is 9.30. The number of carbonyl (C=O) groups excluding carboxylic acids is 2. The quantitative estimate of drug-likeness (QED) is 0.570. The maximum absolute atomic E-state index is 13.3.